The molecular formula is C17H15NO5S2. The number of ether oxygens (including phenoxy) is 1. The van der Waals surface area contributed by atoms with Gasteiger partial charge in [-0.1, -0.05) is 24.3 Å². The fourth-order valence-corrected chi connectivity index (χ4v) is 5.00. The van der Waals surface area contributed by atoms with Gasteiger partial charge in [0.2, 0.25) is 0 Å². The first-order chi connectivity index (χ1) is 12.1. The summed E-state index contributed by atoms with van der Waals surface area (Å²) in [5.41, 5.74) is 0. The van der Waals surface area contributed by atoms with Crippen molar-refractivity contribution in [3.05, 3.63) is 72.0 Å². The number of para-hydroxylation sites is 1. The van der Waals surface area contributed by atoms with E-state index in [0.717, 1.165) is 11.3 Å². The Labute approximate surface area is 149 Å². The Morgan fingerprint density at radius 3 is 2.56 bits per heavy atom. The minimum Gasteiger partial charge on any atom is -0.468 e. The molecule has 0 bridgehead atoms. The zero-order valence-corrected chi connectivity index (χ0v) is 14.6. The lowest BCUT2D eigenvalue weighted by Gasteiger charge is -2.15. The van der Waals surface area contributed by atoms with Crippen molar-refractivity contribution in [3.63, 3.8) is 0 Å². The predicted octanol–water partition coefficient (Wildman–Crippen LogP) is 3.64. The number of carbonyl (C=O) groups is 1. The number of furan rings is 1. The van der Waals surface area contributed by atoms with Crippen molar-refractivity contribution in [2.75, 3.05) is 6.54 Å². The van der Waals surface area contributed by atoms with E-state index in [1.165, 1.54) is 12.3 Å². The second-order valence-electron chi connectivity index (χ2n) is 5.06. The normalized spacial score (nSPS) is 12.5. The molecular weight excluding hydrogens is 362 g/mol. The van der Waals surface area contributed by atoms with Crippen LogP contribution in [0.5, 0.6) is 5.75 Å². The molecule has 1 aromatic carbocycles. The quantitative estimate of drug-likeness (QED) is 0.709. The van der Waals surface area contributed by atoms with Crippen molar-refractivity contribution in [1.82, 2.24) is 5.32 Å². The van der Waals surface area contributed by atoms with Gasteiger partial charge in [0.25, 0.3) is 0 Å². The molecule has 8 heteroatoms. The van der Waals surface area contributed by atoms with Crippen molar-refractivity contribution < 1.29 is 22.4 Å². The van der Waals surface area contributed by atoms with Crippen LogP contribution in [-0.4, -0.2) is 21.1 Å². The zero-order chi connectivity index (χ0) is 17.7. The van der Waals surface area contributed by atoms with Crippen LogP contribution in [0.25, 0.3) is 0 Å². The van der Waals surface area contributed by atoms with E-state index in [0.29, 0.717) is 5.75 Å². The van der Waals surface area contributed by atoms with Gasteiger partial charge in [0, 0.05) is 6.54 Å². The smallest absolute Gasteiger partial charge is 0.412 e. The minimum atomic E-state index is -3.69. The highest BCUT2D eigenvalue weighted by molar-refractivity contribution is 7.93. The van der Waals surface area contributed by atoms with Gasteiger partial charge >= 0.3 is 6.09 Å². The molecule has 0 saturated carbocycles. The summed E-state index contributed by atoms with van der Waals surface area (Å²) in [7, 11) is -3.69. The molecule has 3 aromatic rings. The fourth-order valence-electron chi connectivity index (χ4n) is 2.21. The maximum absolute atomic E-state index is 12.8. The number of amides is 1. The SMILES string of the molecule is O=C(NCC(c1ccco1)S(=O)(=O)c1cccs1)Oc1ccccc1. The van der Waals surface area contributed by atoms with E-state index in [2.05, 4.69) is 5.32 Å². The minimum absolute atomic E-state index is 0.167. The van der Waals surface area contributed by atoms with E-state index in [4.69, 9.17) is 9.15 Å². The summed E-state index contributed by atoms with van der Waals surface area (Å²) >= 11 is 1.12. The Morgan fingerprint density at radius 2 is 1.92 bits per heavy atom. The Kier molecular flexibility index (Phi) is 5.20. The number of rotatable bonds is 6. The summed E-state index contributed by atoms with van der Waals surface area (Å²) in [5.74, 6) is 0.629. The zero-order valence-electron chi connectivity index (χ0n) is 13.0. The van der Waals surface area contributed by atoms with Crippen molar-refractivity contribution in [2.24, 2.45) is 0 Å². The first-order valence-electron chi connectivity index (χ1n) is 7.39. The van der Waals surface area contributed by atoms with Crippen LogP contribution < -0.4 is 10.1 Å². The lowest BCUT2D eigenvalue weighted by Crippen LogP contribution is -2.33. The third kappa shape index (κ3) is 4.09. The number of nitrogens with one attached hydrogen (secondary N) is 1. The monoisotopic (exact) mass is 377 g/mol. The highest BCUT2D eigenvalue weighted by atomic mass is 32.2. The molecule has 0 radical (unpaired) electrons. The molecule has 130 valence electrons. The Morgan fingerprint density at radius 1 is 1.12 bits per heavy atom. The number of benzene rings is 1. The second-order valence-corrected chi connectivity index (χ2v) is 8.37. The molecule has 3 rings (SSSR count). The first-order valence-corrected chi connectivity index (χ1v) is 9.81. The molecule has 1 amide bonds. The molecule has 0 fully saturated rings. The average Bonchev–Trinajstić information content (AvgIpc) is 3.30. The van der Waals surface area contributed by atoms with Crippen molar-refractivity contribution in [3.8, 4) is 5.75 Å². The highest BCUT2D eigenvalue weighted by Crippen LogP contribution is 2.31. The number of hydrogen-bond donors (Lipinski definition) is 1. The maximum Gasteiger partial charge on any atom is 0.412 e. The number of hydrogen-bond acceptors (Lipinski definition) is 6. The van der Waals surface area contributed by atoms with E-state index in [-0.39, 0.29) is 16.5 Å². The molecule has 2 heterocycles. The lowest BCUT2D eigenvalue weighted by molar-refractivity contribution is 0.200. The molecule has 1 atom stereocenters. The van der Waals surface area contributed by atoms with Crippen LogP contribution in [0.1, 0.15) is 11.0 Å². The topological polar surface area (TPSA) is 85.6 Å². The predicted molar refractivity (Wildman–Crippen MR) is 93.4 cm³/mol. The van der Waals surface area contributed by atoms with Crippen LogP contribution >= 0.6 is 11.3 Å². The third-order valence-corrected chi connectivity index (χ3v) is 6.89. The van der Waals surface area contributed by atoms with Gasteiger partial charge in [-0.3, -0.25) is 0 Å². The van der Waals surface area contributed by atoms with Crippen molar-refractivity contribution in [2.45, 2.75) is 9.46 Å². The van der Waals surface area contributed by atoms with E-state index < -0.39 is 21.2 Å². The lowest BCUT2D eigenvalue weighted by atomic mass is 10.3. The Balaban J connectivity index is 1.74. The highest BCUT2D eigenvalue weighted by Gasteiger charge is 2.32. The van der Waals surface area contributed by atoms with Crippen LogP contribution in [0.2, 0.25) is 0 Å². The van der Waals surface area contributed by atoms with Crippen LogP contribution in [0.15, 0.2) is 74.9 Å². The summed E-state index contributed by atoms with van der Waals surface area (Å²) in [6.07, 6.45) is 0.665. The summed E-state index contributed by atoms with van der Waals surface area (Å²) in [6.45, 7) is -0.167. The van der Waals surface area contributed by atoms with Crippen LogP contribution in [0, 0.1) is 0 Å². The number of sulfone groups is 1. The van der Waals surface area contributed by atoms with Crippen LogP contribution in [0.4, 0.5) is 4.79 Å². The number of carbonyl (C=O) groups excluding carboxylic acids is 1. The molecule has 0 saturated heterocycles. The average molecular weight is 377 g/mol. The van der Waals surface area contributed by atoms with Gasteiger partial charge in [0.15, 0.2) is 9.84 Å². The molecule has 1 N–H and O–H groups in total. The van der Waals surface area contributed by atoms with Gasteiger partial charge in [0.05, 0.1) is 6.26 Å². The summed E-state index contributed by atoms with van der Waals surface area (Å²) in [6, 6.07) is 14.9. The van der Waals surface area contributed by atoms with Gasteiger partial charge in [-0.05, 0) is 35.7 Å². The molecule has 0 aliphatic carbocycles. The molecule has 0 spiro atoms. The first kappa shape index (κ1) is 17.2. The summed E-state index contributed by atoms with van der Waals surface area (Å²) in [4.78, 5) is 11.9. The molecule has 1 unspecified atom stereocenters. The molecule has 0 aliphatic heterocycles. The van der Waals surface area contributed by atoms with E-state index in [9.17, 15) is 13.2 Å². The number of thiophene rings is 1. The summed E-state index contributed by atoms with van der Waals surface area (Å²) in [5, 5.41) is 3.14. The molecule has 25 heavy (non-hydrogen) atoms. The third-order valence-electron chi connectivity index (χ3n) is 3.40. The van der Waals surface area contributed by atoms with Gasteiger partial charge in [-0.15, -0.1) is 11.3 Å². The van der Waals surface area contributed by atoms with Gasteiger partial charge in [-0.25, -0.2) is 13.2 Å². The molecule has 0 aliphatic rings. The summed E-state index contributed by atoms with van der Waals surface area (Å²) < 4.78 is 36.2. The largest absolute Gasteiger partial charge is 0.468 e. The Hall–Kier alpha value is -2.58. The second kappa shape index (κ2) is 7.54. The van der Waals surface area contributed by atoms with Crippen LogP contribution in [0.3, 0.4) is 0 Å². The van der Waals surface area contributed by atoms with Gasteiger partial charge < -0.3 is 14.5 Å². The standard InChI is InChI=1S/C17H15NO5S2/c19-17(23-13-6-2-1-3-7-13)18-12-15(14-8-4-10-22-14)25(20,21)16-9-5-11-24-16/h1-11,15H,12H2,(H,18,19). The Bertz CT molecular complexity index is 903. The molecule has 6 nitrogen and oxygen atoms in total. The fraction of sp³-hybridized carbons (Fsp3) is 0.118. The maximum atomic E-state index is 12.8. The van der Waals surface area contributed by atoms with Gasteiger partial charge in [-0.2, -0.15) is 0 Å². The van der Waals surface area contributed by atoms with Crippen LogP contribution in [-0.2, 0) is 9.84 Å². The van der Waals surface area contributed by atoms with Crippen molar-refractivity contribution in [1.29, 1.82) is 0 Å². The van der Waals surface area contributed by atoms with E-state index in [1.807, 2.05) is 0 Å². The molecule has 2 aromatic heterocycles. The van der Waals surface area contributed by atoms with E-state index >= 15 is 0 Å². The van der Waals surface area contributed by atoms with E-state index in [1.54, 1.807) is 53.9 Å². The van der Waals surface area contributed by atoms with Gasteiger partial charge in [0.1, 0.15) is 21.0 Å². The van der Waals surface area contributed by atoms with Crippen molar-refractivity contribution >= 4 is 27.3 Å².